The van der Waals surface area contributed by atoms with Crippen molar-refractivity contribution in [2.45, 2.75) is 0 Å². The molecule has 0 radical (unpaired) electrons. The molecule has 0 fully saturated rings. The van der Waals surface area contributed by atoms with Gasteiger partial charge in [-0.3, -0.25) is 0 Å². The van der Waals surface area contributed by atoms with Gasteiger partial charge in [0.15, 0.2) is 0 Å². The summed E-state index contributed by atoms with van der Waals surface area (Å²) in [6.45, 7) is 0. The van der Waals surface area contributed by atoms with Gasteiger partial charge in [-0.15, -0.1) is 0 Å². The van der Waals surface area contributed by atoms with Crippen LogP contribution in [-0.4, -0.2) is 121 Å². The minimum atomic E-state index is -3.63. The van der Waals surface area contributed by atoms with Crippen molar-refractivity contribution >= 4 is 121 Å². The van der Waals surface area contributed by atoms with Gasteiger partial charge < -0.3 is 42.2 Å². The molecular formula is H2Al2Na2O9Si3. The van der Waals surface area contributed by atoms with Crippen molar-refractivity contribution in [2.24, 2.45) is 0 Å². The zero-order valence-electron chi connectivity index (χ0n) is 6.33. The third-order valence-electron chi connectivity index (χ3n) is 0. The average Bonchev–Trinajstić information content (AvgIpc) is 1.54. The van der Waals surface area contributed by atoms with Gasteiger partial charge in [0.2, 0.25) is 0 Å². The molecule has 0 bridgehead atoms. The van der Waals surface area contributed by atoms with Gasteiger partial charge in [0.05, 0.1) is 0 Å². The molecule has 0 rings (SSSR count). The summed E-state index contributed by atoms with van der Waals surface area (Å²) < 4.78 is 25.6. The first kappa shape index (κ1) is 43.0. The summed E-state index contributed by atoms with van der Waals surface area (Å²) in [6, 6.07) is 0. The van der Waals surface area contributed by atoms with Crippen molar-refractivity contribution in [3.8, 4) is 0 Å². The molecule has 0 aliphatic carbocycles. The molecule has 0 N–H and O–H groups in total. The minimum absolute atomic E-state index is 0. The van der Waals surface area contributed by atoms with Gasteiger partial charge in [0.25, 0.3) is 0 Å². The SMILES string of the molecule is O=[Si]([O-])[O-].O=[Si]([O-])[O-].O=[Si]([O-])[O-].[Al+3].[Al+3].[NaH].[NaH]. The van der Waals surface area contributed by atoms with Crippen molar-refractivity contribution in [2.75, 3.05) is 0 Å². The van der Waals surface area contributed by atoms with Gasteiger partial charge in [-0.25, -0.2) is 0 Å². The molecule has 0 aromatic heterocycles. The number of hydrogen-bond donors (Lipinski definition) is 0. The van der Waals surface area contributed by atoms with Crippen LogP contribution in [-0.2, 0) is 13.4 Å². The first-order valence-electron chi connectivity index (χ1n) is 1.84. The fourth-order valence-corrected chi connectivity index (χ4v) is 0. The number of hydrogen-bond acceptors (Lipinski definition) is 9. The Morgan fingerprint density at radius 3 is 0.500 bits per heavy atom. The van der Waals surface area contributed by atoms with Gasteiger partial charge in [-0.2, -0.15) is 0 Å². The van der Waals surface area contributed by atoms with Crippen LogP contribution in [0.3, 0.4) is 0 Å². The molecule has 0 aliphatic heterocycles. The van der Waals surface area contributed by atoms with Crippen LogP contribution in [0, 0.1) is 0 Å². The van der Waals surface area contributed by atoms with E-state index in [1.54, 1.807) is 0 Å². The molecule has 9 nitrogen and oxygen atoms in total. The second-order valence-corrected chi connectivity index (χ2v) is 2.25. The summed E-state index contributed by atoms with van der Waals surface area (Å²) in [6.07, 6.45) is 0. The topological polar surface area (TPSA) is 190 Å². The second-order valence-electron chi connectivity index (χ2n) is 0.750. The van der Waals surface area contributed by atoms with E-state index in [1.807, 2.05) is 0 Å². The second kappa shape index (κ2) is 36.0. The van der Waals surface area contributed by atoms with Crippen molar-refractivity contribution < 1.29 is 42.2 Å². The summed E-state index contributed by atoms with van der Waals surface area (Å²) >= 11 is 0. The maximum absolute atomic E-state index is 8.52. The van der Waals surface area contributed by atoms with Crippen molar-refractivity contribution in [3.05, 3.63) is 0 Å². The molecule has 16 heteroatoms. The van der Waals surface area contributed by atoms with Gasteiger partial charge in [0, 0.05) is 27.5 Å². The fraction of sp³-hybridized carbons (Fsp3) is 0. The van der Waals surface area contributed by atoms with Crippen LogP contribution >= 0.6 is 0 Å². The van der Waals surface area contributed by atoms with E-state index in [0.717, 1.165) is 0 Å². The van der Waals surface area contributed by atoms with Crippen molar-refractivity contribution in [1.29, 1.82) is 0 Å². The Bertz CT molecular complexity index is 124. The zero-order valence-corrected chi connectivity index (χ0v) is 11.6. The molecule has 0 saturated heterocycles. The Labute approximate surface area is 161 Å². The first-order valence-corrected chi connectivity index (χ1v) is 5.51. The van der Waals surface area contributed by atoms with Gasteiger partial charge >= 0.3 is 93.8 Å². The van der Waals surface area contributed by atoms with Gasteiger partial charge in [-0.1, -0.05) is 0 Å². The van der Waals surface area contributed by atoms with E-state index in [4.69, 9.17) is 42.2 Å². The summed E-state index contributed by atoms with van der Waals surface area (Å²) in [5, 5.41) is 0. The predicted molar refractivity (Wildman–Crippen MR) is 45.1 cm³/mol. The Balaban J connectivity index is -0.0000000135. The fourth-order valence-electron chi connectivity index (χ4n) is 0. The van der Waals surface area contributed by atoms with E-state index >= 15 is 0 Å². The summed E-state index contributed by atoms with van der Waals surface area (Å²) in [5.41, 5.74) is 0. The van der Waals surface area contributed by atoms with E-state index in [9.17, 15) is 0 Å². The molecule has 76 valence electrons. The van der Waals surface area contributed by atoms with Crippen LogP contribution in [0.4, 0.5) is 0 Å². The van der Waals surface area contributed by atoms with E-state index < -0.39 is 27.5 Å². The van der Waals surface area contributed by atoms with Crippen LogP contribution in [0.5, 0.6) is 0 Å². The molecule has 0 atom stereocenters. The summed E-state index contributed by atoms with van der Waals surface area (Å²) in [5.74, 6) is 0. The number of rotatable bonds is 0. The summed E-state index contributed by atoms with van der Waals surface area (Å²) in [7, 11) is -10.9. The van der Waals surface area contributed by atoms with Crippen LogP contribution in [0.2, 0.25) is 0 Å². The van der Waals surface area contributed by atoms with E-state index in [-0.39, 0.29) is 93.8 Å². The molecule has 16 heavy (non-hydrogen) atoms. The average molecular weight is 330 g/mol. The summed E-state index contributed by atoms with van der Waals surface area (Å²) in [4.78, 5) is 51.1. The van der Waals surface area contributed by atoms with Crippen molar-refractivity contribution in [1.82, 2.24) is 0 Å². The quantitative estimate of drug-likeness (QED) is 0.388. The van der Waals surface area contributed by atoms with Crippen molar-refractivity contribution in [3.63, 3.8) is 0 Å². The Morgan fingerprint density at radius 1 is 0.500 bits per heavy atom. The Morgan fingerprint density at radius 2 is 0.500 bits per heavy atom. The van der Waals surface area contributed by atoms with E-state index in [1.165, 1.54) is 0 Å². The third kappa shape index (κ3) is 965. The molecule has 0 aromatic carbocycles. The Kier molecular flexibility index (Phi) is 96.7. The first-order chi connectivity index (χ1) is 5.20. The predicted octanol–water partition coefficient (Wildman–Crippen LogP) is -10.7. The molecule has 0 saturated carbocycles. The maximum atomic E-state index is 8.52. The van der Waals surface area contributed by atoms with Crippen LogP contribution in [0.15, 0.2) is 0 Å². The zero-order chi connectivity index (χ0) is 10.7. The van der Waals surface area contributed by atoms with Crippen LogP contribution < -0.4 is 28.8 Å². The van der Waals surface area contributed by atoms with Gasteiger partial charge in [0.1, 0.15) is 0 Å². The standard InChI is InChI=1S/2Al.2Na.3O3Si.2H/c;;;;3*1-4(2)3;;/q2*+3;;;3*-2;;. The van der Waals surface area contributed by atoms with E-state index in [2.05, 4.69) is 0 Å². The third-order valence-corrected chi connectivity index (χ3v) is 0. The molecule has 0 heterocycles. The molecule has 0 spiro atoms. The van der Waals surface area contributed by atoms with Gasteiger partial charge in [-0.05, 0) is 0 Å². The molecule has 0 aliphatic rings. The van der Waals surface area contributed by atoms with E-state index in [0.29, 0.717) is 0 Å². The normalized spacial score (nSPS) is 4.50. The van der Waals surface area contributed by atoms with Crippen LogP contribution in [0.25, 0.3) is 0 Å². The molecule has 0 aromatic rings. The van der Waals surface area contributed by atoms with Crippen LogP contribution in [0.1, 0.15) is 0 Å². The molecule has 0 amide bonds. The Hall–Kier alpha value is 1.92. The molecular weight excluding hydrogens is 328 g/mol. The monoisotopic (exact) mass is 330 g/mol. The molecule has 0 unspecified atom stereocenters.